The average molecular weight is 442 g/mol. The smallest absolute Gasteiger partial charge is 0.326 e. The quantitative estimate of drug-likeness (QED) is 0.243. The Morgan fingerprint density at radius 3 is 2.47 bits per heavy atom. The number of anilines is 2. The van der Waals surface area contributed by atoms with E-state index in [4.69, 9.17) is 15.9 Å². The highest BCUT2D eigenvalue weighted by Gasteiger charge is 2.21. The standard InChI is InChI=1S/C18H18N8O6/c19-18-23-14-13(16(30)24-18)22-11(25-26-14)7-20-9-3-1-8(2-4-9)15(29)21-10(17(31)32)5-6-12(27)28/h1-4,10,20H,5-7H2,(H,21,29)(H,27,28)(H,31,32)(H3,19,23,24,26,30)/t10-/m0/s1. The van der Waals surface area contributed by atoms with Gasteiger partial charge in [-0.2, -0.15) is 4.98 Å². The molecule has 3 rings (SSSR count). The third kappa shape index (κ3) is 5.50. The fraction of sp³-hybridized carbons (Fsp3) is 0.222. The molecule has 1 aromatic carbocycles. The van der Waals surface area contributed by atoms with Crippen LogP contribution in [0.1, 0.15) is 29.0 Å². The molecule has 166 valence electrons. The predicted molar refractivity (Wildman–Crippen MR) is 110 cm³/mol. The Morgan fingerprint density at radius 2 is 1.81 bits per heavy atom. The first kappa shape index (κ1) is 22.1. The highest BCUT2D eigenvalue weighted by molar-refractivity contribution is 5.96. The first-order valence-corrected chi connectivity index (χ1v) is 9.21. The van der Waals surface area contributed by atoms with Gasteiger partial charge in [-0.3, -0.25) is 19.4 Å². The number of benzene rings is 1. The molecule has 0 radical (unpaired) electrons. The van der Waals surface area contributed by atoms with Gasteiger partial charge in [-0.1, -0.05) is 0 Å². The number of aromatic amines is 1. The molecule has 14 nitrogen and oxygen atoms in total. The van der Waals surface area contributed by atoms with E-state index in [-0.39, 0.29) is 47.9 Å². The van der Waals surface area contributed by atoms with Gasteiger partial charge in [0.25, 0.3) is 11.5 Å². The summed E-state index contributed by atoms with van der Waals surface area (Å²) in [7, 11) is 0. The number of hydrogen-bond acceptors (Lipinski definition) is 10. The topological polar surface area (TPSA) is 226 Å². The van der Waals surface area contributed by atoms with Crippen molar-refractivity contribution in [3.8, 4) is 0 Å². The molecule has 3 aromatic rings. The summed E-state index contributed by atoms with van der Waals surface area (Å²) in [6.07, 6.45) is -0.623. The van der Waals surface area contributed by atoms with E-state index in [1.165, 1.54) is 12.1 Å². The largest absolute Gasteiger partial charge is 0.481 e. The number of nitrogens with one attached hydrogen (secondary N) is 3. The maximum absolute atomic E-state index is 12.3. The molecule has 0 spiro atoms. The Labute approximate surface area is 178 Å². The van der Waals surface area contributed by atoms with Gasteiger partial charge in [0.2, 0.25) is 11.6 Å². The number of nitrogen functional groups attached to an aromatic ring is 1. The summed E-state index contributed by atoms with van der Waals surface area (Å²) in [4.78, 5) is 56.2. The lowest BCUT2D eigenvalue weighted by molar-refractivity contribution is -0.140. The molecule has 1 amide bonds. The Morgan fingerprint density at radius 1 is 1.09 bits per heavy atom. The summed E-state index contributed by atoms with van der Waals surface area (Å²) in [6.45, 7) is 0.120. The van der Waals surface area contributed by atoms with Gasteiger partial charge in [0, 0.05) is 17.7 Å². The van der Waals surface area contributed by atoms with E-state index in [2.05, 4.69) is 35.8 Å². The summed E-state index contributed by atoms with van der Waals surface area (Å²) in [5.41, 5.74) is 5.70. The molecule has 1 atom stereocenters. The fourth-order valence-electron chi connectivity index (χ4n) is 2.66. The molecular weight excluding hydrogens is 424 g/mol. The van der Waals surface area contributed by atoms with Gasteiger partial charge >= 0.3 is 11.9 Å². The van der Waals surface area contributed by atoms with Crippen molar-refractivity contribution in [1.29, 1.82) is 0 Å². The zero-order valence-corrected chi connectivity index (χ0v) is 16.4. The van der Waals surface area contributed by atoms with Crippen LogP contribution in [0.4, 0.5) is 11.6 Å². The predicted octanol–water partition coefficient (Wildman–Crippen LogP) is -0.650. The number of carboxylic acid groups (broad SMARTS) is 2. The number of hydrogen-bond donors (Lipinski definition) is 6. The minimum Gasteiger partial charge on any atom is -0.481 e. The highest BCUT2D eigenvalue weighted by atomic mass is 16.4. The van der Waals surface area contributed by atoms with Crippen molar-refractivity contribution >= 4 is 40.6 Å². The Hall–Kier alpha value is -4.62. The van der Waals surface area contributed by atoms with Gasteiger partial charge in [0.15, 0.2) is 11.3 Å². The first-order valence-electron chi connectivity index (χ1n) is 9.21. The Kier molecular flexibility index (Phi) is 6.53. The van der Waals surface area contributed by atoms with Crippen LogP contribution in [0.5, 0.6) is 0 Å². The maximum Gasteiger partial charge on any atom is 0.326 e. The van der Waals surface area contributed by atoms with E-state index in [1.54, 1.807) is 12.1 Å². The average Bonchev–Trinajstić information content (AvgIpc) is 2.75. The SMILES string of the molecule is Nc1nc2nnc(CNc3ccc(C(=O)N[C@@H](CCC(=O)O)C(=O)O)cc3)nc2c(=O)[nH]1. The van der Waals surface area contributed by atoms with E-state index in [0.29, 0.717) is 5.69 Å². The molecule has 0 aliphatic rings. The molecule has 7 N–H and O–H groups in total. The van der Waals surface area contributed by atoms with Crippen molar-refractivity contribution in [3.05, 3.63) is 46.0 Å². The van der Waals surface area contributed by atoms with Crippen LogP contribution in [0.2, 0.25) is 0 Å². The number of H-pyrrole nitrogens is 1. The van der Waals surface area contributed by atoms with E-state index in [1.807, 2.05) is 0 Å². The molecule has 0 aliphatic carbocycles. The third-order valence-corrected chi connectivity index (χ3v) is 4.24. The zero-order chi connectivity index (χ0) is 23.3. The van der Waals surface area contributed by atoms with Crippen LogP contribution in [-0.4, -0.2) is 59.2 Å². The number of nitrogens with zero attached hydrogens (tertiary/aromatic N) is 4. The maximum atomic E-state index is 12.3. The van der Waals surface area contributed by atoms with Crippen molar-refractivity contribution in [2.24, 2.45) is 0 Å². The number of carboxylic acids is 2. The molecule has 2 aromatic heterocycles. The third-order valence-electron chi connectivity index (χ3n) is 4.24. The number of aromatic nitrogens is 5. The van der Waals surface area contributed by atoms with Crippen molar-refractivity contribution < 1.29 is 24.6 Å². The second-order valence-electron chi connectivity index (χ2n) is 6.58. The molecular formula is C18H18N8O6. The second-order valence-corrected chi connectivity index (χ2v) is 6.58. The van der Waals surface area contributed by atoms with Gasteiger partial charge in [0.05, 0.1) is 6.54 Å². The number of aliphatic carboxylic acids is 2. The second kappa shape index (κ2) is 9.46. The molecule has 0 bridgehead atoms. The van der Waals surface area contributed by atoms with Gasteiger partial charge < -0.3 is 26.6 Å². The van der Waals surface area contributed by atoms with Gasteiger partial charge in [-0.15, -0.1) is 10.2 Å². The molecule has 0 saturated carbocycles. The van der Waals surface area contributed by atoms with E-state index in [9.17, 15) is 19.2 Å². The molecule has 0 unspecified atom stereocenters. The van der Waals surface area contributed by atoms with Crippen LogP contribution < -0.4 is 21.9 Å². The monoisotopic (exact) mass is 442 g/mol. The fourth-order valence-corrected chi connectivity index (χ4v) is 2.66. The summed E-state index contributed by atoms with van der Waals surface area (Å²) in [5.74, 6) is -3.00. The van der Waals surface area contributed by atoms with E-state index < -0.39 is 29.4 Å². The Balaban J connectivity index is 1.62. The molecule has 14 heteroatoms. The van der Waals surface area contributed by atoms with Crippen LogP contribution in [0.15, 0.2) is 29.1 Å². The lowest BCUT2D eigenvalue weighted by Gasteiger charge is -2.14. The molecule has 0 aliphatic heterocycles. The summed E-state index contributed by atoms with van der Waals surface area (Å²) < 4.78 is 0. The molecule has 2 heterocycles. The van der Waals surface area contributed by atoms with Gasteiger partial charge in [-0.25, -0.2) is 9.78 Å². The molecule has 32 heavy (non-hydrogen) atoms. The van der Waals surface area contributed by atoms with Gasteiger partial charge in [-0.05, 0) is 30.7 Å². The normalized spacial score (nSPS) is 11.6. The van der Waals surface area contributed by atoms with Crippen LogP contribution in [0.3, 0.4) is 0 Å². The molecule has 0 saturated heterocycles. The minimum absolute atomic E-state index is 0.00565. The van der Waals surface area contributed by atoms with E-state index >= 15 is 0 Å². The number of amides is 1. The van der Waals surface area contributed by atoms with Crippen LogP contribution in [-0.2, 0) is 16.1 Å². The number of rotatable bonds is 9. The lowest BCUT2D eigenvalue weighted by atomic mass is 10.1. The number of carbonyl (C=O) groups is 3. The van der Waals surface area contributed by atoms with Crippen molar-refractivity contribution in [2.75, 3.05) is 11.1 Å². The first-order chi connectivity index (χ1) is 15.2. The Bertz CT molecular complexity index is 1230. The number of fused-ring (bicyclic) bond motifs is 1. The summed E-state index contributed by atoms with van der Waals surface area (Å²) in [5, 5.41) is 30.8. The minimum atomic E-state index is -1.32. The van der Waals surface area contributed by atoms with Crippen LogP contribution >= 0.6 is 0 Å². The van der Waals surface area contributed by atoms with Gasteiger partial charge in [0.1, 0.15) is 6.04 Å². The van der Waals surface area contributed by atoms with Crippen molar-refractivity contribution in [3.63, 3.8) is 0 Å². The lowest BCUT2D eigenvalue weighted by Crippen LogP contribution is -2.41. The molecule has 0 fully saturated rings. The zero-order valence-electron chi connectivity index (χ0n) is 16.4. The van der Waals surface area contributed by atoms with Crippen molar-refractivity contribution in [2.45, 2.75) is 25.4 Å². The van der Waals surface area contributed by atoms with Crippen molar-refractivity contribution in [1.82, 2.24) is 30.5 Å². The van der Waals surface area contributed by atoms with E-state index in [0.717, 1.165) is 0 Å². The van der Waals surface area contributed by atoms with Crippen LogP contribution in [0, 0.1) is 0 Å². The van der Waals surface area contributed by atoms with Crippen LogP contribution in [0.25, 0.3) is 11.2 Å². The summed E-state index contributed by atoms with van der Waals surface area (Å²) in [6, 6.07) is 4.76. The number of carbonyl (C=O) groups excluding carboxylic acids is 1. The number of nitrogens with two attached hydrogens (primary N) is 1. The highest BCUT2D eigenvalue weighted by Crippen LogP contribution is 2.11. The summed E-state index contributed by atoms with van der Waals surface area (Å²) >= 11 is 0.